The zero-order chi connectivity index (χ0) is 15.5. The van der Waals surface area contributed by atoms with Crippen LogP contribution in [0.15, 0.2) is 31.0 Å². The molecule has 3 rings (SSSR count). The van der Waals surface area contributed by atoms with Gasteiger partial charge in [-0.2, -0.15) is 5.10 Å². The molecule has 3 heterocycles. The molecule has 3 aromatic rings. The van der Waals surface area contributed by atoms with E-state index in [9.17, 15) is 4.79 Å². The number of aromatic nitrogens is 5. The van der Waals surface area contributed by atoms with E-state index < -0.39 is 0 Å². The predicted octanol–water partition coefficient (Wildman–Crippen LogP) is 1.25. The van der Waals surface area contributed by atoms with Crippen molar-refractivity contribution in [3.8, 4) is 0 Å². The molecule has 0 unspecified atom stereocenters. The topological polar surface area (TPSA) is 69.2 Å². The molecule has 0 atom stereocenters. The first kappa shape index (κ1) is 14.4. The first-order valence-electron chi connectivity index (χ1n) is 7.47. The summed E-state index contributed by atoms with van der Waals surface area (Å²) < 4.78 is 5.72. The fourth-order valence-corrected chi connectivity index (χ4v) is 2.61. The molecule has 7 heteroatoms. The van der Waals surface area contributed by atoms with Crippen molar-refractivity contribution >= 4 is 11.6 Å². The molecule has 0 fully saturated rings. The van der Waals surface area contributed by atoms with E-state index in [-0.39, 0.29) is 5.91 Å². The average molecular weight is 300 g/mol. The largest absolute Gasteiger partial charge is 0.352 e. The summed E-state index contributed by atoms with van der Waals surface area (Å²) in [7, 11) is 1.90. The summed E-state index contributed by atoms with van der Waals surface area (Å²) in [4.78, 5) is 16.5. The highest BCUT2D eigenvalue weighted by atomic mass is 16.1. The van der Waals surface area contributed by atoms with Gasteiger partial charge < -0.3 is 14.5 Å². The lowest BCUT2D eigenvalue weighted by Crippen LogP contribution is -2.25. The lowest BCUT2D eigenvalue weighted by atomic mass is 10.3. The van der Waals surface area contributed by atoms with Gasteiger partial charge in [-0.25, -0.2) is 9.50 Å². The van der Waals surface area contributed by atoms with E-state index in [4.69, 9.17) is 0 Å². The van der Waals surface area contributed by atoms with E-state index in [0.717, 1.165) is 30.9 Å². The third kappa shape index (κ3) is 2.61. The number of carbonyl (C=O) groups is 1. The normalized spacial score (nSPS) is 11.2. The summed E-state index contributed by atoms with van der Waals surface area (Å²) in [6, 6.07) is 0. The molecule has 0 aliphatic carbocycles. The maximum absolute atomic E-state index is 12.3. The van der Waals surface area contributed by atoms with Gasteiger partial charge in [-0.05, 0) is 6.42 Å². The van der Waals surface area contributed by atoms with Crippen LogP contribution in [0.3, 0.4) is 0 Å². The SMILES string of the molecule is CCc1nccn1CCCNC(=O)c1cnn2ccn(C)c12. The van der Waals surface area contributed by atoms with Gasteiger partial charge in [0.15, 0.2) is 0 Å². The van der Waals surface area contributed by atoms with Gasteiger partial charge in [-0.15, -0.1) is 0 Å². The Bertz CT molecular complexity index is 781. The van der Waals surface area contributed by atoms with Crippen LogP contribution in [0.25, 0.3) is 5.65 Å². The van der Waals surface area contributed by atoms with Crippen LogP contribution in [0.2, 0.25) is 0 Å². The minimum absolute atomic E-state index is 0.0850. The van der Waals surface area contributed by atoms with Gasteiger partial charge in [0.25, 0.3) is 5.91 Å². The molecule has 0 aliphatic heterocycles. The Hall–Kier alpha value is -2.57. The minimum Gasteiger partial charge on any atom is -0.352 e. The van der Waals surface area contributed by atoms with Crippen molar-refractivity contribution < 1.29 is 4.79 Å². The van der Waals surface area contributed by atoms with E-state index in [0.29, 0.717) is 12.1 Å². The van der Waals surface area contributed by atoms with Crippen LogP contribution in [0.4, 0.5) is 0 Å². The van der Waals surface area contributed by atoms with Gasteiger partial charge in [-0.3, -0.25) is 4.79 Å². The average Bonchev–Trinajstić information content (AvgIpc) is 3.21. The Balaban J connectivity index is 1.55. The number of fused-ring (bicyclic) bond motifs is 1. The first-order valence-corrected chi connectivity index (χ1v) is 7.47. The van der Waals surface area contributed by atoms with Crippen LogP contribution in [-0.4, -0.2) is 36.2 Å². The molecule has 0 bridgehead atoms. The molecule has 0 saturated carbocycles. The molecule has 0 radical (unpaired) electrons. The third-order valence-electron chi connectivity index (χ3n) is 3.76. The van der Waals surface area contributed by atoms with Gasteiger partial charge in [-0.1, -0.05) is 6.92 Å². The fourth-order valence-electron chi connectivity index (χ4n) is 2.61. The zero-order valence-corrected chi connectivity index (χ0v) is 12.9. The van der Waals surface area contributed by atoms with Crippen LogP contribution in [-0.2, 0) is 20.0 Å². The van der Waals surface area contributed by atoms with E-state index in [1.807, 2.05) is 36.4 Å². The van der Waals surface area contributed by atoms with Crippen molar-refractivity contribution in [1.82, 2.24) is 29.0 Å². The van der Waals surface area contributed by atoms with Crippen molar-refractivity contribution in [3.63, 3.8) is 0 Å². The maximum atomic E-state index is 12.3. The first-order chi connectivity index (χ1) is 10.7. The highest BCUT2D eigenvalue weighted by molar-refractivity contribution is 5.99. The second kappa shape index (κ2) is 6.05. The monoisotopic (exact) mass is 300 g/mol. The molecule has 0 aromatic carbocycles. The Labute approximate surface area is 128 Å². The van der Waals surface area contributed by atoms with Crippen molar-refractivity contribution in [2.24, 2.45) is 7.05 Å². The van der Waals surface area contributed by atoms with Crippen molar-refractivity contribution in [3.05, 3.63) is 42.4 Å². The molecule has 7 nitrogen and oxygen atoms in total. The highest BCUT2D eigenvalue weighted by Gasteiger charge is 2.14. The summed E-state index contributed by atoms with van der Waals surface area (Å²) in [5, 5.41) is 7.13. The van der Waals surface area contributed by atoms with Crippen molar-refractivity contribution in [2.45, 2.75) is 26.3 Å². The Morgan fingerprint density at radius 2 is 2.18 bits per heavy atom. The van der Waals surface area contributed by atoms with Gasteiger partial charge in [0.05, 0.1) is 6.20 Å². The highest BCUT2D eigenvalue weighted by Crippen LogP contribution is 2.10. The second-order valence-corrected chi connectivity index (χ2v) is 5.24. The molecule has 116 valence electrons. The lowest BCUT2D eigenvalue weighted by Gasteiger charge is -2.07. The van der Waals surface area contributed by atoms with Crippen LogP contribution in [0.1, 0.15) is 29.5 Å². The van der Waals surface area contributed by atoms with E-state index in [2.05, 4.69) is 26.9 Å². The molecule has 1 N–H and O–H groups in total. The minimum atomic E-state index is -0.0850. The van der Waals surface area contributed by atoms with Crippen LogP contribution in [0, 0.1) is 0 Å². The number of nitrogens with one attached hydrogen (secondary N) is 1. The van der Waals surface area contributed by atoms with Crippen LogP contribution < -0.4 is 5.32 Å². The van der Waals surface area contributed by atoms with Gasteiger partial charge in [0.1, 0.15) is 17.0 Å². The fraction of sp³-hybridized carbons (Fsp3) is 0.400. The summed E-state index contributed by atoms with van der Waals surface area (Å²) >= 11 is 0. The lowest BCUT2D eigenvalue weighted by molar-refractivity contribution is 0.0954. The number of hydrogen-bond donors (Lipinski definition) is 1. The molecule has 22 heavy (non-hydrogen) atoms. The number of imidazole rings is 2. The number of amides is 1. The predicted molar refractivity (Wildman–Crippen MR) is 82.7 cm³/mol. The van der Waals surface area contributed by atoms with Gasteiger partial charge in [0.2, 0.25) is 0 Å². The molecular weight excluding hydrogens is 280 g/mol. The number of nitrogens with zero attached hydrogens (tertiary/aromatic N) is 5. The molecule has 0 saturated heterocycles. The molecule has 3 aromatic heterocycles. The summed E-state index contributed by atoms with van der Waals surface area (Å²) in [6.45, 7) is 3.57. The Morgan fingerprint density at radius 3 is 3.00 bits per heavy atom. The standard InChI is InChI=1S/C15H20N6O/c1-3-13-16-6-8-20(13)7-4-5-17-14(22)12-11-18-21-10-9-19(2)15(12)21/h6,8-11H,3-5,7H2,1-2H3,(H,17,22). The second-order valence-electron chi connectivity index (χ2n) is 5.24. The Kier molecular flexibility index (Phi) is 3.95. The van der Waals surface area contributed by atoms with Gasteiger partial charge in [0, 0.05) is 51.3 Å². The zero-order valence-electron chi connectivity index (χ0n) is 12.9. The molecular formula is C15H20N6O. The summed E-state index contributed by atoms with van der Waals surface area (Å²) in [6.07, 6.45) is 10.9. The number of carbonyl (C=O) groups excluding carboxylic acids is 1. The smallest absolute Gasteiger partial charge is 0.256 e. The van der Waals surface area contributed by atoms with E-state index in [1.165, 1.54) is 0 Å². The van der Waals surface area contributed by atoms with Gasteiger partial charge >= 0.3 is 0 Å². The maximum Gasteiger partial charge on any atom is 0.256 e. The van der Waals surface area contributed by atoms with E-state index >= 15 is 0 Å². The number of aryl methyl sites for hydroxylation is 3. The third-order valence-corrected chi connectivity index (χ3v) is 3.76. The number of hydrogen-bond acceptors (Lipinski definition) is 3. The quantitative estimate of drug-likeness (QED) is 0.697. The molecule has 0 aliphatic rings. The van der Waals surface area contributed by atoms with Crippen molar-refractivity contribution in [2.75, 3.05) is 6.54 Å². The molecule has 1 amide bonds. The van der Waals surface area contributed by atoms with Crippen LogP contribution >= 0.6 is 0 Å². The number of rotatable bonds is 6. The van der Waals surface area contributed by atoms with Crippen molar-refractivity contribution in [1.29, 1.82) is 0 Å². The summed E-state index contributed by atoms with van der Waals surface area (Å²) in [5.74, 6) is 0.992. The Morgan fingerprint density at radius 1 is 1.32 bits per heavy atom. The van der Waals surface area contributed by atoms with E-state index in [1.54, 1.807) is 10.7 Å². The molecule has 0 spiro atoms. The van der Waals surface area contributed by atoms with Crippen LogP contribution in [0.5, 0.6) is 0 Å². The summed E-state index contributed by atoms with van der Waals surface area (Å²) in [5.41, 5.74) is 1.41.